The third kappa shape index (κ3) is 4.49. The number of nitrogens with zero attached hydrogens (tertiary/aromatic N) is 1. The summed E-state index contributed by atoms with van der Waals surface area (Å²) in [7, 11) is -2.94. The van der Waals surface area contributed by atoms with E-state index in [1.54, 1.807) is 16.2 Å². The lowest BCUT2D eigenvalue weighted by molar-refractivity contribution is 0.200. The molecule has 0 bridgehead atoms. The fourth-order valence-electron chi connectivity index (χ4n) is 2.13. The molecule has 0 aromatic carbocycles. The van der Waals surface area contributed by atoms with Gasteiger partial charge in [0.15, 0.2) is 9.84 Å². The van der Waals surface area contributed by atoms with E-state index < -0.39 is 9.84 Å². The summed E-state index contributed by atoms with van der Waals surface area (Å²) in [5, 5.41) is 4.94. The number of carbonyl (C=O) groups excluding carboxylic acids is 1. The van der Waals surface area contributed by atoms with Gasteiger partial charge in [0.25, 0.3) is 0 Å². The first kappa shape index (κ1) is 15.3. The van der Waals surface area contributed by atoms with E-state index in [0.29, 0.717) is 25.6 Å². The van der Waals surface area contributed by atoms with Crippen LogP contribution in [0.3, 0.4) is 0 Å². The van der Waals surface area contributed by atoms with E-state index >= 15 is 0 Å². The molecule has 0 aliphatic carbocycles. The summed E-state index contributed by atoms with van der Waals surface area (Å²) in [5.41, 5.74) is 0. The predicted octanol–water partition coefficient (Wildman–Crippen LogP) is 1.37. The predicted molar refractivity (Wildman–Crippen MR) is 80.8 cm³/mol. The van der Waals surface area contributed by atoms with Crippen LogP contribution in [-0.2, 0) is 16.3 Å². The SMILES string of the molecule is C[C@@H](CNC(=O)N1CCS(=O)(=O)CC1)Cc1cccs1. The zero-order valence-electron chi connectivity index (χ0n) is 11.5. The highest BCUT2D eigenvalue weighted by Gasteiger charge is 2.24. The van der Waals surface area contributed by atoms with Crippen molar-refractivity contribution in [1.82, 2.24) is 10.2 Å². The second kappa shape index (κ2) is 6.58. The van der Waals surface area contributed by atoms with Gasteiger partial charge in [0.2, 0.25) is 0 Å². The lowest BCUT2D eigenvalue weighted by Crippen LogP contribution is -2.49. The number of amides is 2. The normalized spacial score (nSPS) is 19.6. The number of sulfone groups is 1. The van der Waals surface area contributed by atoms with Crippen molar-refractivity contribution < 1.29 is 13.2 Å². The fraction of sp³-hybridized carbons (Fsp3) is 0.615. The Morgan fingerprint density at radius 3 is 2.75 bits per heavy atom. The van der Waals surface area contributed by atoms with Crippen molar-refractivity contribution in [3.8, 4) is 0 Å². The second-order valence-electron chi connectivity index (χ2n) is 5.21. The van der Waals surface area contributed by atoms with Crippen LogP contribution >= 0.6 is 11.3 Å². The smallest absolute Gasteiger partial charge is 0.317 e. The number of hydrogen-bond acceptors (Lipinski definition) is 4. The summed E-state index contributed by atoms with van der Waals surface area (Å²) in [6.45, 7) is 3.31. The van der Waals surface area contributed by atoms with E-state index in [1.807, 2.05) is 6.07 Å². The van der Waals surface area contributed by atoms with Gasteiger partial charge in [0, 0.05) is 24.5 Å². The Hall–Kier alpha value is -1.08. The van der Waals surface area contributed by atoms with Crippen LogP contribution in [-0.4, -0.2) is 50.5 Å². The van der Waals surface area contributed by atoms with Crippen LogP contribution in [0.1, 0.15) is 11.8 Å². The molecule has 2 rings (SSSR count). The van der Waals surface area contributed by atoms with Crippen molar-refractivity contribution >= 4 is 27.2 Å². The fourth-order valence-corrected chi connectivity index (χ4v) is 4.20. The minimum Gasteiger partial charge on any atom is -0.338 e. The van der Waals surface area contributed by atoms with E-state index in [-0.39, 0.29) is 17.5 Å². The van der Waals surface area contributed by atoms with E-state index in [0.717, 1.165) is 6.42 Å². The summed E-state index contributed by atoms with van der Waals surface area (Å²) < 4.78 is 22.6. The molecule has 7 heteroatoms. The van der Waals surface area contributed by atoms with Crippen molar-refractivity contribution in [2.24, 2.45) is 5.92 Å². The molecule has 0 radical (unpaired) electrons. The molecule has 1 aliphatic heterocycles. The minimum absolute atomic E-state index is 0.0746. The number of nitrogens with one attached hydrogen (secondary N) is 1. The van der Waals surface area contributed by atoms with Crippen LogP contribution in [0.2, 0.25) is 0 Å². The highest BCUT2D eigenvalue weighted by atomic mass is 32.2. The molecule has 0 unspecified atom stereocenters. The maximum atomic E-state index is 11.9. The lowest BCUT2D eigenvalue weighted by Gasteiger charge is -2.27. The van der Waals surface area contributed by atoms with Gasteiger partial charge in [-0.05, 0) is 23.8 Å². The molecule has 0 spiro atoms. The Morgan fingerprint density at radius 1 is 1.45 bits per heavy atom. The molecule has 0 saturated carbocycles. The monoisotopic (exact) mass is 316 g/mol. The van der Waals surface area contributed by atoms with Gasteiger partial charge < -0.3 is 10.2 Å². The number of rotatable bonds is 4. The maximum Gasteiger partial charge on any atom is 0.317 e. The Balaban J connectivity index is 1.72. The van der Waals surface area contributed by atoms with Gasteiger partial charge in [0.05, 0.1) is 11.5 Å². The molecule has 1 aromatic heterocycles. The number of urea groups is 1. The van der Waals surface area contributed by atoms with Gasteiger partial charge in [-0.1, -0.05) is 13.0 Å². The average molecular weight is 316 g/mol. The third-order valence-corrected chi connectivity index (χ3v) is 5.87. The van der Waals surface area contributed by atoms with Gasteiger partial charge in [-0.3, -0.25) is 0 Å². The van der Waals surface area contributed by atoms with Gasteiger partial charge >= 0.3 is 6.03 Å². The molecule has 112 valence electrons. The number of hydrogen-bond donors (Lipinski definition) is 1. The van der Waals surface area contributed by atoms with Crippen LogP contribution in [0.4, 0.5) is 4.79 Å². The Morgan fingerprint density at radius 2 is 2.15 bits per heavy atom. The summed E-state index contributed by atoms with van der Waals surface area (Å²) in [4.78, 5) is 14.8. The average Bonchev–Trinajstić information content (AvgIpc) is 2.88. The van der Waals surface area contributed by atoms with Crippen molar-refractivity contribution in [2.45, 2.75) is 13.3 Å². The van der Waals surface area contributed by atoms with Crippen LogP contribution in [0, 0.1) is 5.92 Å². The van der Waals surface area contributed by atoms with Gasteiger partial charge in [-0.25, -0.2) is 13.2 Å². The zero-order valence-corrected chi connectivity index (χ0v) is 13.2. The highest BCUT2D eigenvalue weighted by Crippen LogP contribution is 2.14. The van der Waals surface area contributed by atoms with E-state index in [2.05, 4.69) is 23.7 Å². The minimum atomic E-state index is -2.94. The number of thiophene rings is 1. The van der Waals surface area contributed by atoms with Crippen LogP contribution < -0.4 is 5.32 Å². The largest absolute Gasteiger partial charge is 0.338 e. The third-order valence-electron chi connectivity index (χ3n) is 3.36. The quantitative estimate of drug-likeness (QED) is 0.912. The first-order chi connectivity index (χ1) is 9.46. The molecule has 1 fully saturated rings. The topological polar surface area (TPSA) is 66.5 Å². The molecule has 5 nitrogen and oxygen atoms in total. The van der Waals surface area contributed by atoms with E-state index in [9.17, 15) is 13.2 Å². The summed E-state index contributed by atoms with van der Waals surface area (Å²) >= 11 is 1.72. The second-order valence-corrected chi connectivity index (χ2v) is 8.55. The standard InChI is InChI=1S/C13H20N2O3S2/c1-11(9-12-3-2-6-19-12)10-14-13(16)15-4-7-20(17,18)8-5-15/h2-3,6,11H,4-5,7-10H2,1H3,(H,14,16)/t11-/m1/s1. The summed E-state index contributed by atoms with van der Waals surface area (Å²) in [6.07, 6.45) is 0.951. The molecule has 1 N–H and O–H groups in total. The first-order valence-corrected chi connectivity index (χ1v) is 9.42. The molecule has 1 atom stereocenters. The van der Waals surface area contributed by atoms with E-state index in [4.69, 9.17) is 0 Å². The van der Waals surface area contributed by atoms with Gasteiger partial charge in [-0.15, -0.1) is 11.3 Å². The van der Waals surface area contributed by atoms with Crippen LogP contribution in [0.25, 0.3) is 0 Å². The van der Waals surface area contributed by atoms with Crippen molar-refractivity contribution in [1.29, 1.82) is 0 Å². The van der Waals surface area contributed by atoms with Gasteiger partial charge in [0.1, 0.15) is 0 Å². The Labute approximate surface area is 123 Å². The van der Waals surface area contributed by atoms with Crippen LogP contribution in [0.15, 0.2) is 17.5 Å². The maximum absolute atomic E-state index is 11.9. The molecular formula is C13H20N2O3S2. The number of carbonyl (C=O) groups is 1. The molecule has 2 heterocycles. The molecule has 1 aromatic rings. The summed E-state index contributed by atoms with van der Waals surface area (Å²) in [6, 6.07) is 3.97. The summed E-state index contributed by atoms with van der Waals surface area (Å²) in [5.74, 6) is 0.516. The van der Waals surface area contributed by atoms with E-state index in [1.165, 1.54) is 4.88 Å². The van der Waals surface area contributed by atoms with Crippen molar-refractivity contribution in [3.63, 3.8) is 0 Å². The van der Waals surface area contributed by atoms with Crippen LogP contribution in [0.5, 0.6) is 0 Å². The lowest BCUT2D eigenvalue weighted by atomic mass is 10.1. The molecule has 20 heavy (non-hydrogen) atoms. The first-order valence-electron chi connectivity index (χ1n) is 6.72. The molecule has 2 amide bonds. The zero-order chi connectivity index (χ0) is 14.6. The Bertz CT molecular complexity index is 526. The van der Waals surface area contributed by atoms with Gasteiger partial charge in [-0.2, -0.15) is 0 Å². The highest BCUT2D eigenvalue weighted by molar-refractivity contribution is 7.91. The molecule has 1 aliphatic rings. The molecule has 1 saturated heterocycles. The van der Waals surface area contributed by atoms with Crippen molar-refractivity contribution in [3.05, 3.63) is 22.4 Å². The Kier molecular flexibility index (Phi) is 5.04. The van der Waals surface area contributed by atoms with Crippen molar-refractivity contribution in [2.75, 3.05) is 31.1 Å². The molecular weight excluding hydrogens is 296 g/mol.